The second-order valence-electron chi connectivity index (χ2n) is 5.20. The summed E-state index contributed by atoms with van der Waals surface area (Å²) in [5.41, 5.74) is 0. The van der Waals surface area contributed by atoms with Crippen molar-refractivity contribution in [2.45, 2.75) is 90.6 Å². The summed E-state index contributed by atoms with van der Waals surface area (Å²) in [6.07, 6.45) is 12.7. The van der Waals surface area contributed by atoms with E-state index in [9.17, 15) is 4.79 Å². The fraction of sp³-hybridized carbons (Fsp3) is 0.938. The molecule has 0 saturated carbocycles. The molecule has 1 unspecified atom stereocenters. The lowest BCUT2D eigenvalue weighted by atomic mass is 10.0. The third kappa shape index (κ3) is 9.64. The molecule has 0 aliphatic rings. The lowest BCUT2D eigenvalue weighted by molar-refractivity contribution is -0.129. The normalized spacial score (nSPS) is 12.6. The molecule has 0 spiro atoms. The van der Waals surface area contributed by atoms with E-state index >= 15 is 0 Å². The van der Waals surface area contributed by atoms with Crippen molar-refractivity contribution in [2.75, 3.05) is 7.11 Å². The molecule has 2 nitrogen and oxygen atoms in total. The van der Waals surface area contributed by atoms with Crippen molar-refractivity contribution in [3.63, 3.8) is 0 Å². The van der Waals surface area contributed by atoms with E-state index in [1.165, 1.54) is 44.9 Å². The molecule has 0 amide bonds. The summed E-state index contributed by atoms with van der Waals surface area (Å²) in [6.45, 7) is 4.34. The highest BCUT2D eigenvalue weighted by molar-refractivity contribution is 5.82. The zero-order valence-corrected chi connectivity index (χ0v) is 12.7. The molecule has 0 aromatic carbocycles. The van der Waals surface area contributed by atoms with Gasteiger partial charge in [-0.15, -0.1) is 0 Å². The smallest absolute Gasteiger partial charge is 0.161 e. The molecule has 0 aliphatic heterocycles. The number of unbranched alkanes of at least 4 members (excludes halogenated alkanes) is 7. The van der Waals surface area contributed by atoms with Gasteiger partial charge in [0.05, 0.1) is 0 Å². The van der Waals surface area contributed by atoms with Crippen LogP contribution in [0.4, 0.5) is 0 Å². The molecule has 0 radical (unpaired) electrons. The molecule has 0 fully saturated rings. The SMILES string of the molecule is CCCCCCCCCCC(=O)C(CCC)OC. The molecular weight excluding hydrogens is 224 g/mol. The van der Waals surface area contributed by atoms with Crippen molar-refractivity contribution < 1.29 is 9.53 Å². The van der Waals surface area contributed by atoms with Gasteiger partial charge in [0.1, 0.15) is 6.10 Å². The average Bonchev–Trinajstić information content (AvgIpc) is 2.38. The number of carbonyl (C=O) groups excluding carboxylic acids is 1. The Kier molecular flexibility index (Phi) is 12.8. The Morgan fingerprint density at radius 1 is 0.889 bits per heavy atom. The first-order valence-electron chi connectivity index (χ1n) is 7.81. The van der Waals surface area contributed by atoms with Crippen LogP contribution in [0.2, 0.25) is 0 Å². The van der Waals surface area contributed by atoms with E-state index in [-0.39, 0.29) is 6.10 Å². The maximum absolute atomic E-state index is 11.8. The van der Waals surface area contributed by atoms with E-state index in [1.54, 1.807) is 7.11 Å². The second-order valence-corrected chi connectivity index (χ2v) is 5.20. The minimum absolute atomic E-state index is 0.153. The predicted octanol–water partition coefficient (Wildman–Crippen LogP) is 4.90. The summed E-state index contributed by atoms with van der Waals surface area (Å²) in [7, 11) is 1.64. The maximum atomic E-state index is 11.8. The number of hydrogen-bond acceptors (Lipinski definition) is 2. The highest BCUT2D eigenvalue weighted by atomic mass is 16.5. The second kappa shape index (κ2) is 13.1. The van der Waals surface area contributed by atoms with Crippen LogP contribution in [-0.4, -0.2) is 19.0 Å². The first kappa shape index (κ1) is 17.6. The first-order chi connectivity index (χ1) is 8.76. The number of carbonyl (C=O) groups is 1. The van der Waals surface area contributed by atoms with E-state index in [4.69, 9.17) is 4.74 Å². The lowest BCUT2D eigenvalue weighted by Crippen LogP contribution is -2.22. The molecule has 0 aliphatic carbocycles. The van der Waals surface area contributed by atoms with Crippen molar-refractivity contribution >= 4 is 5.78 Å². The van der Waals surface area contributed by atoms with Gasteiger partial charge >= 0.3 is 0 Å². The summed E-state index contributed by atoms with van der Waals surface area (Å²) < 4.78 is 5.23. The molecule has 0 N–H and O–H groups in total. The highest BCUT2D eigenvalue weighted by Gasteiger charge is 2.15. The number of rotatable bonds is 13. The minimum Gasteiger partial charge on any atom is -0.374 e. The molecule has 0 aromatic rings. The lowest BCUT2D eigenvalue weighted by Gasteiger charge is -2.12. The van der Waals surface area contributed by atoms with Crippen LogP contribution < -0.4 is 0 Å². The fourth-order valence-corrected chi connectivity index (χ4v) is 2.27. The molecule has 0 saturated heterocycles. The number of hydrogen-bond donors (Lipinski definition) is 0. The molecule has 18 heavy (non-hydrogen) atoms. The molecule has 0 aromatic heterocycles. The number of Topliss-reactive ketones (excluding diaryl/α,β-unsaturated/α-hetero) is 1. The Balaban J connectivity index is 3.39. The molecule has 108 valence electrons. The van der Waals surface area contributed by atoms with Crippen molar-refractivity contribution in [1.29, 1.82) is 0 Å². The Labute approximate surface area is 113 Å². The van der Waals surface area contributed by atoms with Crippen LogP contribution in [0.5, 0.6) is 0 Å². The number of ketones is 1. The molecule has 0 bridgehead atoms. The Hall–Kier alpha value is -0.370. The van der Waals surface area contributed by atoms with Crippen molar-refractivity contribution in [3.8, 4) is 0 Å². The van der Waals surface area contributed by atoms with Crippen LogP contribution in [-0.2, 0) is 9.53 Å². The third-order valence-electron chi connectivity index (χ3n) is 3.47. The first-order valence-corrected chi connectivity index (χ1v) is 7.81. The van der Waals surface area contributed by atoms with Gasteiger partial charge in [-0.3, -0.25) is 4.79 Å². The minimum atomic E-state index is -0.153. The van der Waals surface area contributed by atoms with Gasteiger partial charge in [-0.25, -0.2) is 0 Å². The van der Waals surface area contributed by atoms with Crippen LogP contribution in [0, 0.1) is 0 Å². The van der Waals surface area contributed by atoms with E-state index in [2.05, 4.69) is 13.8 Å². The zero-order valence-electron chi connectivity index (χ0n) is 12.7. The van der Waals surface area contributed by atoms with Gasteiger partial charge in [0, 0.05) is 13.5 Å². The van der Waals surface area contributed by atoms with Gasteiger partial charge in [-0.05, 0) is 12.8 Å². The van der Waals surface area contributed by atoms with Gasteiger partial charge in [0.25, 0.3) is 0 Å². The van der Waals surface area contributed by atoms with E-state index in [0.29, 0.717) is 12.2 Å². The van der Waals surface area contributed by atoms with Crippen LogP contribution >= 0.6 is 0 Å². The quantitative estimate of drug-likeness (QED) is 0.438. The van der Waals surface area contributed by atoms with Gasteiger partial charge < -0.3 is 4.74 Å². The standard InChI is InChI=1S/C16H32O2/c1-4-6-7-8-9-10-11-12-14-15(17)16(18-3)13-5-2/h16H,4-14H2,1-3H3. The van der Waals surface area contributed by atoms with Crippen molar-refractivity contribution in [1.82, 2.24) is 0 Å². The van der Waals surface area contributed by atoms with Gasteiger partial charge in [-0.1, -0.05) is 65.2 Å². The van der Waals surface area contributed by atoms with Crippen LogP contribution in [0.25, 0.3) is 0 Å². The summed E-state index contributed by atoms with van der Waals surface area (Å²) >= 11 is 0. The van der Waals surface area contributed by atoms with E-state index in [1.807, 2.05) is 0 Å². The van der Waals surface area contributed by atoms with Crippen molar-refractivity contribution in [3.05, 3.63) is 0 Å². The molecule has 1 atom stereocenters. The van der Waals surface area contributed by atoms with Gasteiger partial charge in [0.15, 0.2) is 5.78 Å². The van der Waals surface area contributed by atoms with E-state index < -0.39 is 0 Å². The summed E-state index contributed by atoms with van der Waals surface area (Å²) in [6, 6.07) is 0. The predicted molar refractivity (Wildman–Crippen MR) is 77.9 cm³/mol. The summed E-state index contributed by atoms with van der Waals surface area (Å²) in [4.78, 5) is 11.8. The number of methoxy groups -OCH3 is 1. The van der Waals surface area contributed by atoms with Crippen LogP contribution in [0.3, 0.4) is 0 Å². The number of ether oxygens (including phenoxy) is 1. The Morgan fingerprint density at radius 3 is 1.94 bits per heavy atom. The van der Waals surface area contributed by atoms with Crippen molar-refractivity contribution in [2.24, 2.45) is 0 Å². The fourth-order valence-electron chi connectivity index (χ4n) is 2.27. The largest absolute Gasteiger partial charge is 0.374 e. The third-order valence-corrected chi connectivity index (χ3v) is 3.47. The summed E-state index contributed by atoms with van der Waals surface area (Å²) in [5.74, 6) is 0.297. The van der Waals surface area contributed by atoms with Gasteiger partial charge in [-0.2, -0.15) is 0 Å². The highest BCUT2D eigenvalue weighted by Crippen LogP contribution is 2.12. The topological polar surface area (TPSA) is 26.3 Å². The molecular formula is C16H32O2. The summed E-state index contributed by atoms with van der Waals surface area (Å²) in [5, 5.41) is 0. The Bertz CT molecular complexity index is 190. The van der Waals surface area contributed by atoms with E-state index in [0.717, 1.165) is 19.3 Å². The molecule has 0 heterocycles. The monoisotopic (exact) mass is 256 g/mol. The molecule has 0 rings (SSSR count). The Morgan fingerprint density at radius 2 is 1.44 bits per heavy atom. The van der Waals surface area contributed by atoms with Crippen LogP contribution in [0.15, 0.2) is 0 Å². The zero-order chi connectivity index (χ0) is 13.6. The molecule has 2 heteroatoms. The average molecular weight is 256 g/mol. The van der Waals surface area contributed by atoms with Gasteiger partial charge in [0.2, 0.25) is 0 Å². The maximum Gasteiger partial charge on any atom is 0.161 e. The van der Waals surface area contributed by atoms with Crippen LogP contribution in [0.1, 0.15) is 84.5 Å².